The first-order valence-electron chi connectivity index (χ1n) is 9.03. The fraction of sp³-hybridized carbons (Fsp3) is 0.250. The normalized spacial score (nSPS) is 12.6. The quantitative estimate of drug-likeness (QED) is 0.384. The van der Waals surface area contributed by atoms with Gasteiger partial charge in [-0.15, -0.1) is 21.5 Å². The lowest BCUT2D eigenvalue weighted by Gasteiger charge is -2.20. The summed E-state index contributed by atoms with van der Waals surface area (Å²) >= 11 is 3.13. The molecule has 1 aromatic carbocycles. The van der Waals surface area contributed by atoms with E-state index in [1.54, 1.807) is 23.5 Å². The molecule has 0 saturated heterocycles. The van der Waals surface area contributed by atoms with Crippen LogP contribution in [0.25, 0.3) is 16.3 Å². The second kappa shape index (κ2) is 8.48. The highest BCUT2D eigenvalue weighted by molar-refractivity contribution is 7.98. The maximum absolute atomic E-state index is 13.4. The van der Waals surface area contributed by atoms with Crippen LogP contribution in [-0.2, 0) is 5.75 Å². The van der Waals surface area contributed by atoms with Gasteiger partial charge in [-0.3, -0.25) is 9.47 Å². The van der Waals surface area contributed by atoms with E-state index >= 15 is 0 Å². The summed E-state index contributed by atoms with van der Waals surface area (Å²) in [5, 5.41) is 15.7. The van der Waals surface area contributed by atoms with Crippen LogP contribution in [0.2, 0.25) is 0 Å². The standard InChI is InChI=1S/C20H20FN5OS2/c1-13(25(2)3)19-22-23-20(26(19)16-8-6-14(21)7-9-16)29-12-15-11-17(27-24-15)18-5-4-10-28-18/h4-11,13H,12H2,1-3H3/t13-/m1/s1. The fourth-order valence-electron chi connectivity index (χ4n) is 2.76. The molecule has 1 atom stereocenters. The zero-order valence-electron chi connectivity index (χ0n) is 16.2. The van der Waals surface area contributed by atoms with Gasteiger partial charge >= 0.3 is 0 Å². The summed E-state index contributed by atoms with van der Waals surface area (Å²) in [6.45, 7) is 2.06. The minimum absolute atomic E-state index is 0.0411. The first-order valence-corrected chi connectivity index (χ1v) is 10.9. The molecule has 0 spiro atoms. The van der Waals surface area contributed by atoms with E-state index in [1.807, 2.05) is 42.2 Å². The Morgan fingerprint density at radius 3 is 2.69 bits per heavy atom. The third-order valence-electron chi connectivity index (χ3n) is 4.56. The van der Waals surface area contributed by atoms with Crippen LogP contribution in [0.15, 0.2) is 57.5 Å². The molecule has 0 bridgehead atoms. The molecule has 0 aliphatic heterocycles. The third-order valence-corrected chi connectivity index (χ3v) is 6.41. The van der Waals surface area contributed by atoms with Gasteiger partial charge in [0, 0.05) is 17.5 Å². The number of halogens is 1. The lowest BCUT2D eigenvalue weighted by atomic mass is 10.2. The van der Waals surface area contributed by atoms with Gasteiger partial charge in [0.15, 0.2) is 16.7 Å². The zero-order valence-corrected chi connectivity index (χ0v) is 17.9. The van der Waals surface area contributed by atoms with E-state index < -0.39 is 0 Å². The summed E-state index contributed by atoms with van der Waals surface area (Å²) < 4.78 is 20.9. The number of thiophene rings is 1. The first kappa shape index (κ1) is 19.8. The second-order valence-corrected chi connectivity index (χ2v) is 8.63. The van der Waals surface area contributed by atoms with Crippen molar-refractivity contribution in [3.63, 3.8) is 0 Å². The van der Waals surface area contributed by atoms with E-state index in [9.17, 15) is 4.39 Å². The second-order valence-electron chi connectivity index (χ2n) is 6.74. The lowest BCUT2D eigenvalue weighted by Crippen LogP contribution is -2.20. The van der Waals surface area contributed by atoms with Crippen LogP contribution in [0.5, 0.6) is 0 Å². The van der Waals surface area contributed by atoms with Crippen molar-refractivity contribution in [3.8, 4) is 16.3 Å². The summed E-state index contributed by atoms with van der Waals surface area (Å²) in [6.07, 6.45) is 0. The number of thioether (sulfide) groups is 1. The van der Waals surface area contributed by atoms with E-state index in [0.717, 1.165) is 33.0 Å². The molecule has 0 N–H and O–H groups in total. The topological polar surface area (TPSA) is 60.0 Å². The van der Waals surface area contributed by atoms with Crippen LogP contribution in [0.1, 0.15) is 24.5 Å². The molecule has 29 heavy (non-hydrogen) atoms. The molecule has 0 fully saturated rings. The van der Waals surface area contributed by atoms with Crippen molar-refractivity contribution >= 4 is 23.1 Å². The van der Waals surface area contributed by atoms with Crippen LogP contribution in [0.4, 0.5) is 4.39 Å². The van der Waals surface area contributed by atoms with E-state index in [1.165, 1.54) is 23.9 Å². The molecule has 6 nitrogen and oxygen atoms in total. The maximum atomic E-state index is 13.4. The molecular formula is C20H20FN5OS2. The summed E-state index contributed by atoms with van der Waals surface area (Å²) in [5.41, 5.74) is 1.65. The van der Waals surface area contributed by atoms with Gasteiger partial charge in [-0.1, -0.05) is 23.0 Å². The number of benzene rings is 1. The fourth-order valence-corrected chi connectivity index (χ4v) is 4.28. The average molecular weight is 430 g/mol. The highest BCUT2D eigenvalue weighted by Crippen LogP contribution is 2.30. The number of hydrogen-bond donors (Lipinski definition) is 0. The van der Waals surface area contributed by atoms with Gasteiger partial charge in [0.1, 0.15) is 5.82 Å². The van der Waals surface area contributed by atoms with E-state index in [-0.39, 0.29) is 11.9 Å². The smallest absolute Gasteiger partial charge is 0.196 e. The maximum Gasteiger partial charge on any atom is 0.196 e. The Bertz CT molecular complexity index is 1070. The van der Waals surface area contributed by atoms with Crippen LogP contribution < -0.4 is 0 Å². The summed E-state index contributed by atoms with van der Waals surface area (Å²) in [5.74, 6) is 1.87. The van der Waals surface area contributed by atoms with Gasteiger partial charge < -0.3 is 4.52 Å². The molecular weight excluding hydrogens is 409 g/mol. The van der Waals surface area contributed by atoms with Gasteiger partial charge in [-0.25, -0.2) is 4.39 Å². The highest BCUT2D eigenvalue weighted by atomic mass is 32.2. The Hall–Kier alpha value is -2.49. The monoisotopic (exact) mass is 429 g/mol. The Labute approximate surface area is 176 Å². The molecule has 0 saturated carbocycles. The molecule has 0 aliphatic rings. The van der Waals surface area contributed by atoms with Crippen molar-refractivity contribution in [1.29, 1.82) is 0 Å². The Balaban J connectivity index is 1.61. The van der Waals surface area contributed by atoms with Crippen LogP contribution in [0, 0.1) is 5.82 Å². The van der Waals surface area contributed by atoms with Crippen molar-refractivity contribution < 1.29 is 8.91 Å². The van der Waals surface area contributed by atoms with Crippen LogP contribution in [-0.4, -0.2) is 38.9 Å². The van der Waals surface area contributed by atoms with Crippen molar-refractivity contribution in [1.82, 2.24) is 24.8 Å². The molecule has 3 heterocycles. The van der Waals surface area contributed by atoms with Crippen molar-refractivity contribution in [2.75, 3.05) is 14.1 Å². The SMILES string of the molecule is C[C@H](c1nnc(SCc2cc(-c3cccs3)on2)n1-c1ccc(F)cc1)N(C)C. The van der Waals surface area contributed by atoms with E-state index in [2.05, 4.69) is 27.2 Å². The number of hydrogen-bond acceptors (Lipinski definition) is 7. The molecule has 9 heteroatoms. The zero-order chi connectivity index (χ0) is 20.4. The number of rotatable bonds is 7. The first-order chi connectivity index (χ1) is 14.0. The molecule has 4 rings (SSSR count). The minimum atomic E-state index is -0.276. The van der Waals surface area contributed by atoms with E-state index in [0.29, 0.717) is 5.75 Å². The summed E-state index contributed by atoms with van der Waals surface area (Å²) in [7, 11) is 3.98. The van der Waals surface area contributed by atoms with Crippen molar-refractivity contribution in [3.05, 3.63) is 65.2 Å². The largest absolute Gasteiger partial charge is 0.355 e. The van der Waals surface area contributed by atoms with Crippen molar-refractivity contribution in [2.24, 2.45) is 0 Å². The summed E-state index contributed by atoms with van der Waals surface area (Å²) in [4.78, 5) is 3.11. The predicted molar refractivity (Wildman–Crippen MR) is 113 cm³/mol. The van der Waals surface area contributed by atoms with Gasteiger partial charge in [0.2, 0.25) is 0 Å². The molecule has 0 amide bonds. The molecule has 3 aromatic heterocycles. The molecule has 150 valence electrons. The number of aromatic nitrogens is 4. The van der Waals surface area contributed by atoms with Gasteiger partial charge in [-0.05, 0) is 56.7 Å². The van der Waals surface area contributed by atoms with Crippen LogP contribution in [0.3, 0.4) is 0 Å². The highest BCUT2D eigenvalue weighted by Gasteiger charge is 2.21. The molecule has 4 aromatic rings. The van der Waals surface area contributed by atoms with Gasteiger partial charge in [0.05, 0.1) is 16.6 Å². The number of nitrogens with zero attached hydrogens (tertiary/aromatic N) is 5. The van der Waals surface area contributed by atoms with Gasteiger partial charge in [-0.2, -0.15) is 0 Å². The van der Waals surface area contributed by atoms with Gasteiger partial charge in [0.25, 0.3) is 0 Å². The molecule has 0 aliphatic carbocycles. The van der Waals surface area contributed by atoms with E-state index in [4.69, 9.17) is 4.52 Å². The predicted octanol–water partition coefficient (Wildman–Crippen LogP) is 5.04. The van der Waals surface area contributed by atoms with Crippen molar-refractivity contribution in [2.45, 2.75) is 23.9 Å². The van der Waals surface area contributed by atoms with Crippen LogP contribution >= 0.6 is 23.1 Å². The summed E-state index contributed by atoms with van der Waals surface area (Å²) in [6, 6.07) is 12.3. The average Bonchev–Trinajstić information content (AvgIpc) is 3.46. The Kier molecular flexibility index (Phi) is 5.79. The lowest BCUT2D eigenvalue weighted by molar-refractivity contribution is 0.305. The third kappa shape index (κ3) is 4.26. The Morgan fingerprint density at radius 1 is 1.21 bits per heavy atom. The molecule has 0 unspecified atom stereocenters. The molecule has 0 radical (unpaired) electrons. The minimum Gasteiger partial charge on any atom is -0.355 e. The Morgan fingerprint density at radius 2 is 2.00 bits per heavy atom.